The first-order valence-corrected chi connectivity index (χ1v) is 6.98. The molecule has 1 aliphatic heterocycles. The number of hydrogen-bond donors (Lipinski definition) is 1. The minimum absolute atomic E-state index is 0.144. The topological polar surface area (TPSA) is 39.6 Å². The molecule has 118 valence electrons. The first-order chi connectivity index (χ1) is 10.3. The summed E-state index contributed by atoms with van der Waals surface area (Å²) in [6.45, 7) is 3.48. The molecule has 0 bridgehead atoms. The molecule has 1 N–H and O–H groups in total. The first kappa shape index (κ1) is 14.9. The van der Waals surface area contributed by atoms with Crippen molar-refractivity contribution in [3.05, 3.63) is 30.0 Å². The van der Waals surface area contributed by atoms with E-state index in [-0.39, 0.29) is 5.52 Å². The number of phenolic OH excluding ortho intramolecular Hbond substituents is 1. The molecule has 2 heterocycles. The van der Waals surface area contributed by atoms with Crippen molar-refractivity contribution < 1.29 is 18.3 Å². The van der Waals surface area contributed by atoms with E-state index in [0.717, 1.165) is 44.0 Å². The number of phenols is 1. The number of aromatic hydroxyl groups is 1. The third-order valence-corrected chi connectivity index (χ3v) is 3.96. The van der Waals surface area contributed by atoms with Crippen molar-refractivity contribution in [1.29, 1.82) is 0 Å². The summed E-state index contributed by atoms with van der Waals surface area (Å²) in [5.41, 5.74) is 0.0678. The quantitative estimate of drug-likeness (QED) is 0.879. The Labute approximate surface area is 125 Å². The lowest BCUT2D eigenvalue weighted by Crippen LogP contribution is -2.44. The number of rotatable bonds is 1. The van der Waals surface area contributed by atoms with Crippen LogP contribution in [0.5, 0.6) is 5.75 Å². The fourth-order valence-electron chi connectivity index (χ4n) is 2.60. The van der Waals surface area contributed by atoms with Gasteiger partial charge in [0, 0.05) is 31.6 Å². The van der Waals surface area contributed by atoms with Crippen LogP contribution in [0.25, 0.3) is 10.9 Å². The van der Waals surface area contributed by atoms with Gasteiger partial charge >= 0.3 is 6.18 Å². The highest BCUT2D eigenvalue weighted by Crippen LogP contribution is 2.36. The number of halogens is 3. The van der Waals surface area contributed by atoms with Gasteiger partial charge in [0.05, 0.1) is 23.0 Å². The van der Waals surface area contributed by atoms with E-state index in [0.29, 0.717) is 5.39 Å². The van der Waals surface area contributed by atoms with Crippen LogP contribution in [0.3, 0.4) is 0 Å². The molecule has 1 aliphatic rings. The Morgan fingerprint density at radius 3 is 2.41 bits per heavy atom. The van der Waals surface area contributed by atoms with Crippen LogP contribution in [-0.2, 0) is 6.18 Å². The molecule has 3 rings (SSSR count). The van der Waals surface area contributed by atoms with Crippen molar-refractivity contribution in [1.82, 2.24) is 9.88 Å². The fraction of sp³-hybridized carbons (Fsp3) is 0.400. The van der Waals surface area contributed by atoms with Crippen molar-refractivity contribution in [2.75, 3.05) is 38.1 Å². The monoisotopic (exact) mass is 311 g/mol. The molecule has 7 heteroatoms. The van der Waals surface area contributed by atoms with Gasteiger partial charge in [0.2, 0.25) is 0 Å². The summed E-state index contributed by atoms with van der Waals surface area (Å²) in [5.74, 6) is -0.395. The minimum Gasteiger partial charge on any atom is -0.507 e. The van der Waals surface area contributed by atoms with E-state index >= 15 is 0 Å². The number of benzene rings is 1. The average molecular weight is 311 g/mol. The first-order valence-electron chi connectivity index (χ1n) is 6.98. The predicted molar refractivity (Wildman–Crippen MR) is 78.1 cm³/mol. The van der Waals surface area contributed by atoms with Crippen molar-refractivity contribution in [2.45, 2.75) is 6.18 Å². The molecule has 22 heavy (non-hydrogen) atoms. The lowest BCUT2D eigenvalue weighted by Gasteiger charge is -2.33. The van der Waals surface area contributed by atoms with Gasteiger partial charge in [-0.05, 0) is 25.2 Å². The number of likely N-dealkylation sites (N-methyl/N-ethyl adjacent to an activating group) is 1. The predicted octanol–water partition coefficient (Wildman–Crippen LogP) is 2.71. The van der Waals surface area contributed by atoms with Crippen LogP contribution in [0.1, 0.15) is 5.56 Å². The molecular formula is C15H16F3N3O. The van der Waals surface area contributed by atoms with E-state index in [1.807, 2.05) is 7.05 Å². The third kappa shape index (κ3) is 2.81. The van der Waals surface area contributed by atoms with Gasteiger partial charge in [-0.25, -0.2) is 0 Å². The Kier molecular flexibility index (Phi) is 3.60. The number of nitrogens with zero attached hydrogens (tertiary/aromatic N) is 3. The Morgan fingerprint density at radius 1 is 1.09 bits per heavy atom. The van der Waals surface area contributed by atoms with E-state index in [1.54, 1.807) is 12.3 Å². The van der Waals surface area contributed by atoms with Gasteiger partial charge in [-0.3, -0.25) is 4.98 Å². The number of hydrogen-bond acceptors (Lipinski definition) is 4. The fourth-order valence-corrected chi connectivity index (χ4v) is 2.60. The van der Waals surface area contributed by atoms with Crippen LogP contribution >= 0.6 is 0 Å². The molecule has 0 aliphatic carbocycles. The van der Waals surface area contributed by atoms with Gasteiger partial charge in [-0.2, -0.15) is 13.2 Å². The number of fused-ring (bicyclic) bond motifs is 1. The van der Waals surface area contributed by atoms with Gasteiger partial charge < -0.3 is 14.9 Å². The highest BCUT2D eigenvalue weighted by Gasteiger charge is 2.31. The van der Waals surface area contributed by atoms with E-state index in [9.17, 15) is 18.3 Å². The minimum atomic E-state index is -4.50. The van der Waals surface area contributed by atoms with Gasteiger partial charge in [-0.1, -0.05) is 0 Å². The SMILES string of the molecule is CN1CCN(c2cnc3cc(C(F)(F)F)cc(O)c3c2)CC1. The molecule has 0 amide bonds. The molecule has 2 aromatic rings. The summed E-state index contributed by atoms with van der Waals surface area (Å²) in [7, 11) is 2.04. The van der Waals surface area contributed by atoms with Gasteiger partial charge in [0.1, 0.15) is 5.75 Å². The van der Waals surface area contributed by atoms with E-state index in [1.165, 1.54) is 0 Å². The van der Waals surface area contributed by atoms with Crippen molar-refractivity contribution in [3.63, 3.8) is 0 Å². The standard InChI is InChI=1S/C15H16F3N3O/c1-20-2-4-21(5-3-20)11-8-12-13(19-9-11)6-10(7-14(12)22)15(16,17)18/h6-9,22H,2-5H2,1H3. The lowest BCUT2D eigenvalue weighted by molar-refractivity contribution is -0.137. The van der Waals surface area contributed by atoms with Crippen LogP contribution in [-0.4, -0.2) is 48.2 Å². The van der Waals surface area contributed by atoms with Gasteiger partial charge in [0.15, 0.2) is 0 Å². The van der Waals surface area contributed by atoms with Crippen LogP contribution < -0.4 is 4.90 Å². The van der Waals surface area contributed by atoms with Crippen LogP contribution in [0, 0.1) is 0 Å². The smallest absolute Gasteiger partial charge is 0.416 e. The number of piperazine rings is 1. The Bertz CT molecular complexity index is 694. The number of aromatic nitrogens is 1. The molecule has 4 nitrogen and oxygen atoms in total. The Morgan fingerprint density at radius 2 is 1.77 bits per heavy atom. The summed E-state index contributed by atoms with van der Waals surface area (Å²) >= 11 is 0. The van der Waals surface area contributed by atoms with Crippen LogP contribution in [0.15, 0.2) is 24.4 Å². The zero-order valence-corrected chi connectivity index (χ0v) is 12.1. The van der Waals surface area contributed by atoms with E-state index in [4.69, 9.17) is 0 Å². The molecular weight excluding hydrogens is 295 g/mol. The van der Waals surface area contributed by atoms with Gasteiger partial charge in [0.25, 0.3) is 0 Å². The number of anilines is 1. The lowest BCUT2D eigenvalue weighted by atomic mass is 10.1. The molecule has 1 aromatic carbocycles. The molecule has 1 fully saturated rings. The molecule has 0 atom stereocenters. The second-order valence-electron chi connectivity index (χ2n) is 5.54. The maximum atomic E-state index is 12.8. The second kappa shape index (κ2) is 5.31. The third-order valence-electron chi connectivity index (χ3n) is 3.96. The molecule has 0 saturated carbocycles. The maximum Gasteiger partial charge on any atom is 0.416 e. The molecule has 0 radical (unpaired) electrons. The van der Waals surface area contributed by atoms with Crippen molar-refractivity contribution >= 4 is 16.6 Å². The zero-order valence-electron chi connectivity index (χ0n) is 12.1. The summed E-state index contributed by atoms with van der Waals surface area (Å²) < 4.78 is 38.3. The van der Waals surface area contributed by atoms with E-state index in [2.05, 4.69) is 14.8 Å². The summed E-state index contributed by atoms with van der Waals surface area (Å²) in [6.07, 6.45) is -2.93. The van der Waals surface area contributed by atoms with Crippen LogP contribution in [0.4, 0.5) is 18.9 Å². The maximum absolute atomic E-state index is 12.8. The Hall–Kier alpha value is -2.02. The number of alkyl halides is 3. The number of pyridine rings is 1. The Balaban J connectivity index is 1.98. The summed E-state index contributed by atoms with van der Waals surface area (Å²) in [4.78, 5) is 8.42. The van der Waals surface area contributed by atoms with Crippen LogP contribution in [0.2, 0.25) is 0 Å². The summed E-state index contributed by atoms with van der Waals surface area (Å²) in [6, 6.07) is 3.41. The highest BCUT2D eigenvalue weighted by atomic mass is 19.4. The molecule has 1 aromatic heterocycles. The zero-order chi connectivity index (χ0) is 15.9. The summed E-state index contributed by atoms with van der Waals surface area (Å²) in [5, 5.41) is 10.3. The second-order valence-corrected chi connectivity index (χ2v) is 5.54. The average Bonchev–Trinajstić information content (AvgIpc) is 2.47. The van der Waals surface area contributed by atoms with Gasteiger partial charge in [-0.15, -0.1) is 0 Å². The molecule has 0 spiro atoms. The normalized spacial score (nSPS) is 17.2. The molecule has 1 saturated heterocycles. The highest BCUT2D eigenvalue weighted by molar-refractivity contribution is 5.88. The van der Waals surface area contributed by atoms with Crippen molar-refractivity contribution in [3.8, 4) is 5.75 Å². The largest absolute Gasteiger partial charge is 0.507 e. The molecule has 0 unspecified atom stereocenters. The van der Waals surface area contributed by atoms with E-state index < -0.39 is 17.5 Å². The van der Waals surface area contributed by atoms with Crippen molar-refractivity contribution in [2.24, 2.45) is 0 Å².